The van der Waals surface area contributed by atoms with E-state index in [1.807, 2.05) is 18.8 Å². The van der Waals surface area contributed by atoms with Crippen LogP contribution in [0.1, 0.15) is 38.5 Å². The van der Waals surface area contributed by atoms with Gasteiger partial charge in [0, 0.05) is 51.3 Å². The topological polar surface area (TPSA) is 54.9 Å². The van der Waals surface area contributed by atoms with Crippen molar-refractivity contribution in [3.05, 3.63) is 0 Å². The first kappa shape index (κ1) is 18.9. The first-order valence-corrected chi connectivity index (χ1v) is 10.3. The quantitative estimate of drug-likeness (QED) is 0.402. The van der Waals surface area contributed by atoms with Gasteiger partial charge in [0.05, 0.1) is 0 Å². The van der Waals surface area contributed by atoms with Gasteiger partial charge in [0.1, 0.15) is 0 Å². The predicted octanol–water partition coefficient (Wildman–Crippen LogP) is 2.27. The van der Waals surface area contributed by atoms with Crippen LogP contribution < -0.4 is 10.6 Å². The zero-order chi connectivity index (χ0) is 16.3. The van der Waals surface area contributed by atoms with Crippen LogP contribution in [0.25, 0.3) is 0 Å². The fraction of sp³-hybridized carbons (Fsp3) is 0.941. The van der Waals surface area contributed by atoms with E-state index in [1.54, 1.807) is 0 Å². The average Bonchev–Trinajstić information content (AvgIpc) is 3.05. The minimum Gasteiger partial charge on any atom is -0.381 e. The molecule has 2 unspecified atom stereocenters. The number of thioether (sulfide) groups is 1. The average molecular weight is 344 g/mol. The zero-order valence-corrected chi connectivity index (χ0v) is 15.5. The third kappa shape index (κ3) is 7.31. The maximum Gasteiger partial charge on any atom is 0.191 e. The Kier molecular flexibility index (Phi) is 9.15. The largest absolute Gasteiger partial charge is 0.381 e. The van der Waals surface area contributed by atoms with E-state index in [-0.39, 0.29) is 0 Å². The Labute approximate surface area is 145 Å². The van der Waals surface area contributed by atoms with Gasteiger partial charge in [-0.15, -0.1) is 0 Å². The van der Waals surface area contributed by atoms with Gasteiger partial charge >= 0.3 is 0 Å². The van der Waals surface area contributed by atoms with Gasteiger partial charge in [-0.05, 0) is 50.7 Å². The van der Waals surface area contributed by atoms with Crippen LogP contribution in [0.3, 0.4) is 0 Å². The monoisotopic (exact) mass is 343 g/mol. The Morgan fingerprint density at radius 3 is 2.78 bits per heavy atom. The van der Waals surface area contributed by atoms with E-state index >= 15 is 0 Å². The second-order valence-corrected chi connectivity index (χ2v) is 7.63. The number of guanidine groups is 1. The van der Waals surface area contributed by atoms with E-state index < -0.39 is 0 Å². The molecule has 0 aromatic heterocycles. The van der Waals surface area contributed by atoms with E-state index in [2.05, 4.69) is 21.9 Å². The first-order chi connectivity index (χ1) is 11.3. The Morgan fingerprint density at radius 2 is 2.09 bits per heavy atom. The molecular weight excluding hydrogens is 310 g/mol. The van der Waals surface area contributed by atoms with E-state index in [1.165, 1.54) is 19.3 Å². The lowest BCUT2D eigenvalue weighted by Gasteiger charge is -2.21. The molecule has 0 aromatic rings. The Bertz CT molecular complexity index is 349. The molecule has 0 amide bonds. The molecule has 1 aliphatic heterocycles. The summed E-state index contributed by atoms with van der Waals surface area (Å²) in [7, 11) is 1.85. The number of hydrogen-bond acceptors (Lipinski definition) is 4. The lowest BCUT2D eigenvalue weighted by atomic mass is 10.0. The van der Waals surface area contributed by atoms with Gasteiger partial charge in [-0.25, -0.2) is 0 Å². The van der Waals surface area contributed by atoms with Crippen molar-refractivity contribution < 1.29 is 9.47 Å². The predicted molar refractivity (Wildman–Crippen MR) is 98.4 cm³/mol. The molecule has 2 aliphatic rings. The summed E-state index contributed by atoms with van der Waals surface area (Å²) < 4.78 is 11.2. The van der Waals surface area contributed by atoms with Crippen molar-refractivity contribution in [2.24, 2.45) is 10.9 Å². The number of ether oxygens (including phenoxy) is 2. The lowest BCUT2D eigenvalue weighted by molar-refractivity contribution is 0.0203. The van der Waals surface area contributed by atoms with E-state index in [0.29, 0.717) is 12.0 Å². The number of rotatable bonds is 8. The van der Waals surface area contributed by atoms with Crippen molar-refractivity contribution >= 4 is 17.7 Å². The van der Waals surface area contributed by atoms with Gasteiger partial charge in [-0.3, -0.25) is 4.99 Å². The molecule has 1 aliphatic carbocycles. The van der Waals surface area contributed by atoms with Gasteiger partial charge in [-0.1, -0.05) is 0 Å². The van der Waals surface area contributed by atoms with Crippen LogP contribution >= 0.6 is 11.8 Å². The summed E-state index contributed by atoms with van der Waals surface area (Å²) in [6, 6.07) is 0.573. The van der Waals surface area contributed by atoms with Gasteiger partial charge in [-0.2, -0.15) is 11.8 Å². The molecule has 0 radical (unpaired) electrons. The smallest absolute Gasteiger partial charge is 0.191 e. The normalized spacial score (nSPS) is 26.4. The fourth-order valence-corrected chi connectivity index (χ4v) is 4.01. The van der Waals surface area contributed by atoms with Crippen molar-refractivity contribution in [1.82, 2.24) is 10.6 Å². The Balaban J connectivity index is 1.49. The lowest BCUT2D eigenvalue weighted by Crippen LogP contribution is -2.43. The number of aliphatic imine (C=N–C) groups is 1. The molecule has 0 bridgehead atoms. The van der Waals surface area contributed by atoms with Gasteiger partial charge in [0.15, 0.2) is 5.96 Å². The van der Waals surface area contributed by atoms with Gasteiger partial charge in [0.25, 0.3) is 0 Å². The van der Waals surface area contributed by atoms with Crippen molar-refractivity contribution in [2.75, 3.05) is 46.3 Å². The van der Waals surface area contributed by atoms with E-state index in [9.17, 15) is 0 Å². The molecule has 6 heteroatoms. The van der Waals surface area contributed by atoms with Crippen molar-refractivity contribution in [2.45, 2.75) is 49.8 Å². The van der Waals surface area contributed by atoms with Crippen LogP contribution in [-0.2, 0) is 9.47 Å². The van der Waals surface area contributed by atoms with Crippen molar-refractivity contribution in [1.29, 1.82) is 0 Å². The van der Waals surface area contributed by atoms with Crippen LogP contribution in [0.2, 0.25) is 0 Å². The van der Waals surface area contributed by atoms with Gasteiger partial charge in [0.2, 0.25) is 0 Å². The highest BCUT2D eigenvalue weighted by Crippen LogP contribution is 2.27. The molecule has 1 heterocycles. The molecule has 0 aromatic carbocycles. The molecule has 2 rings (SSSR count). The Hall–Kier alpha value is -0.460. The maximum absolute atomic E-state index is 5.79. The minimum atomic E-state index is 0.573. The standard InChI is InChI=1S/C17H33N3O2S/c1-18-17(20-15-4-5-16(12-15)23-2)19-8-3-9-22-13-14-6-10-21-11-7-14/h14-16H,3-13H2,1-2H3,(H2,18,19,20). The summed E-state index contributed by atoms with van der Waals surface area (Å²) >= 11 is 1.98. The highest BCUT2D eigenvalue weighted by atomic mass is 32.2. The second-order valence-electron chi connectivity index (χ2n) is 6.50. The second kappa shape index (κ2) is 11.2. The summed E-state index contributed by atoms with van der Waals surface area (Å²) in [6.45, 7) is 4.41. The number of nitrogens with one attached hydrogen (secondary N) is 2. The fourth-order valence-electron chi connectivity index (χ4n) is 3.22. The molecule has 1 saturated carbocycles. The molecule has 23 heavy (non-hydrogen) atoms. The molecule has 0 spiro atoms. The minimum absolute atomic E-state index is 0.573. The summed E-state index contributed by atoms with van der Waals surface area (Å²) in [5, 5.41) is 7.75. The zero-order valence-electron chi connectivity index (χ0n) is 14.7. The van der Waals surface area contributed by atoms with E-state index in [0.717, 1.165) is 63.4 Å². The van der Waals surface area contributed by atoms with Crippen molar-refractivity contribution in [3.63, 3.8) is 0 Å². The van der Waals surface area contributed by atoms with Gasteiger partial charge < -0.3 is 20.1 Å². The van der Waals surface area contributed by atoms with Crippen LogP contribution in [0.4, 0.5) is 0 Å². The van der Waals surface area contributed by atoms with Crippen LogP contribution in [0.15, 0.2) is 4.99 Å². The third-order valence-corrected chi connectivity index (χ3v) is 5.83. The SMILES string of the molecule is CN=C(NCCCOCC1CCOCC1)NC1CCC(SC)C1. The molecule has 1 saturated heterocycles. The van der Waals surface area contributed by atoms with Crippen LogP contribution in [0.5, 0.6) is 0 Å². The molecular formula is C17H33N3O2S. The van der Waals surface area contributed by atoms with Crippen molar-refractivity contribution in [3.8, 4) is 0 Å². The van der Waals surface area contributed by atoms with Crippen LogP contribution in [-0.4, -0.2) is 63.5 Å². The van der Waals surface area contributed by atoms with Crippen LogP contribution in [0, 0.1) is 5.92 Å². The Morgan fingerprint density at radius 1 is 1.26 bits per heavy atom. The molecule has 2 atom stereocenters. The maximum atomic E-state index is 5.79. The number of nitrogens with zero attached hydrogens (tertiary/aromatic N) is 1. The number of hydrogen-bond donors (Lipinski definition) is 2. The molecule has 134 valence electrons. The summed E-state index contributed by atoms with van der Waals surface area (Å²) in [6.07, 6.45) is 9.33. The summed E-state index contributed by atoms with van der Waals surface area (Å²) in [4.78, 5) is 4.33. The summed E-state index contributed by atoms with van der Waals surface area (Å²) in [5.41, 5.74) is 0. The third-order valence-electron chi connectivity index (χ3n) is 4.73. The molecule has 2 fully saturated rings. The summed E-state index contributed by atoms with van der Waals surface area (Å²) in [5.74, 6) is 1.62. The highest BCUT2D eigenvalue weighted by molar-refractivity contribution is 7.99. The molecule has 5 nitrogen and oxygen atoms in total. The highest BCUT2D eigenvalue weighted by Gasteiger charge is 2.24. The first-order valence-electron chi connectivity index (χ1n) is 8.97. The molecule has 2 N–H and O–H groups in total. The van der Waals surface area contributed by atoms with E-state index in [4.69, 9.17) is 9.47 Å².